The third-order valence-corrected chi connectivity index (χ3v) is 13.0. The average molecular weight is 743 g/mol. The summed E-state index contributed by atoms with van der Waals surface area (Å²) in [7, 11) is 0. The largest absolute Gasteiger partial charge is 0.309 e. The lowest BCUT2D eigenvalue weighted by molar-refractivity contribution is 1.01. The van der Waals surface area contributed by atoms with Gasteiger partial charge in [0.2, 0.25) is 5.95 Å². The van der Waals surface area contributed by atoms with Crippen molar-refractivity contribution >= 4 is 87.8 Å². The maximum absolute atomic E-state index is 5.40. The normalized spacial score (nSPS) is 12.5. The van der Waals surface area contributed by atoms with Gasteiger partial charge in [-0.2, -0.15) is 0 Å². The molecule has 0 saturated heterocycles. The molecule has 57 heavy (non-hydrogen) atoms. The quantitative estimate of drug-likeness (QED) is 0.169. The van der Waals surface area contributed by atoms with E-state index in [-0.39, 0.29) is 0 Å². The van der Waals surface area contributed by atoms with E-state index in [1.165, 1.54) is 69.6 Å². The van der Waals surface area contributed by atoms with E-state index >= 15 is 0 Å². The van der Waals surface area contributed by atoms with Gasteiger partial charge in [0.1, 0.15) is 0 Å². The molecule has 1 aliphatic rings. The van der Waals surface area contributed by atoms with Gasteiger partial charge < -0.3 is 4.57 Å². The molecule has 0 N–H and O–H groups in total. The summed E-state index contributed by atoms with van der Waals surface area (Å²) in [6, 6.07) is 66.1. The van der Waals surface area contributed by atoms with Crippen LogP contribution in [0.25, 0.3) is 110 Å². The minimum Gasteiger partial charge on any atom is -0.309 e. The topological polar surface area (TPSA) is 35.6 Å². The molecule has 13 rings (SSSR count). The molecule has 4 nitrogen and oxygen atoms in total. The van der Waals surface area contributed by atoms with Crippen LogP contribution in [0.3, 0.4) is 0 Å². The molecule has 264 valence electrons. The van der Waals surface area contributed by atoms with Crippen molar-refractivity contribution in [1.82, 2.24) is 19.1 Å². The van der Waals surface area contributed by atoms with Gasteiger partial charge in [-0.1, -0.05) is 139 Å². The van der Waals surface area contributed by atoms with Crippen molar-refractivity contribution in [3.05, 3.63) is 182 Å². The fourth-order valence-electron chi connectivity index (χ4n) is 9.39. The van der Waals surface area contributed by atoms with Crippen LogP contribution in [0, 0.1) is 0 Å². The SMILES string of the molecule is c1ccc2c(c1)Sc1cccc3nc(-n4c5ccccc5c5ccc(-c6ccc7c(c6)c6ccccc6n7-c6cc7ccccc7c7ccccc67)cc54)nc-2c13. The summed E-state index contributed by atoms with van der Waals surface area (Å²) in [5.41, 5.74) is 11.2. The number of aromatic nitrogens is 4. The molecular weight excluding hydrogens is 713 g/mol. The van der Waals surface area contributed by atoms with E-state index < -0.39 is 0 Å². The molecule has 5 heteroatoms. The molecule has 1 aliphatic heterocycles. The van der Waals surface area contributed by atoms with Gasteiger partial charge in [0.05, 0.1) is 39.0 Å². The Labute approximate surface area is 331 Å². The van der Waals surface area contributed by atoms with Crippen LogP contribution >= 0.6 is 11.8 Å². The first-order valence-electron chi connectivity index (χ1n) is 19.3. The van der Waals surface area contributed by atoms with Crippen LogP contribution in [0.2, 0.25) is 0 Å². The molecule has 3 aromatic heterocycles. The zero-order valence-corrected chi connectivity index (χ0v) is 31.3. The Hall–Kier alpha value is -7.21. The fourth-order valence-corrected chi connectivity index (χ4v) is 10.5. The molecule has 12 aromatic rings. The summed E-state index contributed by atoms with van der Waals surface area (Å²) >= 11 is 1.80. The van der Waals surface area contributed by atoms with Gasteiger partial charge in [0.15, 0.2) is 0 Å². The van der Waals surface area contributed by atoms with Crippen molar-refractivity contribution in [2.45, 2.75) is 9.79 Å². The van der Waals surface area contributed by atoms with Crippen LogP contribution in [-0.4, -0.2) is 19.1 Å². The zero-order chi connectivity index (χ0) is 37.2. The van der Waals surface area contributed by atoms with E-state index in [2.05, 4.69) is 191 Å². The predicted molar refractivity (Wildman–Crippen MR) is 238 cm³/mol. The van der Waals surface area contributed by atoms with Crippen molar-refractivity contribution in [2.75, 3.05) is 0 Å². The predicted octanol–water partition coefficient (Wildman–Crippen LogP) is 13.9. The minimum atomic E-state index is 0.681. The molecule has 0 bridgehead atoms. The molecule has 9 aromatic carbocycles. The van der Waals surface area contributed by atoms with Crippen molar-refractivity contribution in [3.8, 4) is 34.0 Å². The molecule has 0 spiro atoms. The van der Waals surface area contributed by atoms with Crippen LogP contribution in [0.5, 0.6) is 0 Å². The van der Waals surface area contributed by atoms with Gasteiger partial charge in [-0.25, -0.2) is 9.97 Å². The molecule has 0 saturated carbocycles. The molecule has 0 fully saturated rings. The Morgan fingerprint density at radius 3 is 1.89 bits per heavy atom. The molecule has 0 aliphatic carbocycles. The van der Waals surface area contributed by atoms with E-state index in [0.29, 0.717) is 5.95 Å². The van der Waals surface area contributed by atoms with Gasteiger partial charge in [0, 0.05) is 47.7 Å². The second-order valence-electron chi connectivity index (χ2n) is 15.0. The molecule has 0 unspecified atom stereocenters. The van der Waals surface area contributed by atoms with E-state index in [1.807, 2.05) is 0 Å². The lowest BCUT2D eigenvalue weighted by atomic mass is 10.00. The van der Waals surface area contributed by atoms with Crippen LogP contribution in [0.4, 0.5) is 0 Å². The Morgan fingerprint density at radius 2 is 1.02 bits per heavy atom. The first kappa shape index (κ1) is 31.0. The number of hydrogen-bond acceptors (Lipinski definition) is 3. The van der Waals surface area contributed by atoms with E-state index in [1.54, 1.807) is 11.8 Å². The lowest BCUT2D eigenvalue weighted by Crippen LogP contribution is -2.05. The van der Waals surface area contributed by atoms with E-state index in [4.69, 9.17) is 9.97 Å². The minimum absolute atomic E-state index is 0.681. The number of fused-ring (bicyclic) bond motifs is 11. The highest BCUT2D eigenvalue weighted by Crippen LogP contribution is 2.47. The zero-order valence-electron chi connectivity index (χ0n) is 30.5. The van der Waals surface area contributed by atoms with Gasteiger partial charge in [0.25, 0.3) is 0 Å². The summed E-state index contributed by atoms with van der Waals surface area (Å²) in [6.07, 6.45) is 0. The van der Waals surface area contributed by atoms with Crippen molar-refractivity contribution in [2.24, 2.45) is 0 Å². The lowest BCUT2D eigenvalue weighted by Gasteiger charge is -2.20. The molecule has 0 atom stereocenters. The number of hydrogen-bond donors (Lipinski definition) is 0. The molecule has 4 heterocycles. The van der Waals surface area contributed by atoms with Gasteiger partial charge in [-0.3, -0.25) is 4.57 Å². The summed E-state index contributed by atoms with van der Waals surface area (Å²) < 4.78 is 4.71. The van der Waals surface area contributed by atoms with Crippen molar-refractivity contribution < 1.29 is 0 Å². The highest BCUT2D eigenvalue weighted by atomic mass is 32.2. The Kier molecular flexibility index (Phi) is 6.35. The second-order valence-corrected chi connectivity index (χ2v) is 16.0. The van der Waals surface area contributed by atoms with Crippen LogP contribution in [0.15, 0.2) is 192 Å². The monoisotopic (exact) mass is 742 g/mol. The van der Waals surface area contributed by atoms with Crippen molar-refractivity contribution in [3.63, 3.8) is 0 Å². The summed E-state index contributed by atoms with van der Waals surface area (Å²) in [4.78, 5) is 13.1. The summed E-state index contributed by atoms with van der Waals surface area (Å²) in [5.74, 6) is 0.681. The third kappa shape index (κ3) is 4.40. The van der Waals surface area contributed by atoms with Crippen LogP contribution in [-0.2, 0) is 0 Å². The number of benzene rings is 9. The number of para-hydroxylation sites is 2. The Bertz CT molecular complexity index is 3690. The molecule has 0 amide bonds. The van der Waals surface area contributed by atoms with Crippen LogP contribution in [0.1, 0.15) is 0 Å². The van der Waals surface area contributed by atoms with Crippen molar-refractivity contribution in [1.29, 1.82) is 0 Å². The maximum Gasteiger partial charge on any atom is 0.235 e. The highest BCUT2D eigenvalue weighted by molar-refractivity contribution is 7.99. The second kappa shape index (κ2) is 11.7. The summed E-state index contributed by atoms with van der Waals surface area (Å²) in [5, 5.41) is 11.0. The smallest absolute Gasteiger partial charge is 0.235 e. The van der Waals surface area contributed by atoms with Gasteiger partial charge >= 0.3 is 0 Å². The van der Waals surface area contributed by atoms with Gasteiger partial charge in [-0.05, 0) is 81.9 Å². The number of rotatable bonds is 3. The number of nitrogens with zero attached hydrogens (tertiary/aromatic N) is 4. The van der Waals surface area contributed by atoms with Gasteiger partial charge in [-0.15, -0.1) is 0 Å². The highest BCUT2D eigenvalue weighted by Gasteiger charge is 2.24. The fraction of sp³-hybridized carbons (Fsp3) is 0. The Balaban J connectivity index is 1.04. The standard InChI is InChI=1S/C52H30N4S/c1-2-13-34-33(12-1)30-46(36-15-4-3-14-35(34)36)55-43-20-8-6-17-38(43)41-28-31(25-27-45(41)55)32-24-26-39-37-16-5-9-21-44(37)56(47(39)29-32)52-53-42-19-11-23-49-50(42)51(54-52)40-18-7-10-22-48(40)57-49/h1-30H. The summed E-state index contributed by atoms with van der Waals surface area (Å²) in [6.45, 7) is 0. The van der Waals surface area contributed by atoms with E-state index in [0.717, 1.165) is 44.3 Å². The average Bonchev–Trinajstić information content (AvgIpc) is 3.78. The Morgan fingerprint density at radius 1 is 0.386 bits per heavy atom. The molecule has 0 radical (unpaired) electrons. The van der Waals surface area contributed by atoms with Crippen LogP contribution < -0.4 is 0 Å². The molecular formula is C52H30N4S. The third-order valence-electron chi connectivity index (χ3n) is 11.9. The first-order chi connectivity index (χ1) is 28.3. The van der Waals surface area contributed by atoms with E-state index in [9.17, 15) is 0 Å². The maximum atomic E-state index is 5.40. The first-order valence-corrected chi connectivity index (χ1v) is 20.1.